The second-order valence-electron chi connectivity index (χ2n) is 4.95. The molecular weight excluding hydrogens is 331 g/mol. The lowest BCUT2D eigenvalue weighted by Crippen LogP contribution is -2.14. The van der Waals surface area contributed by atoms with Gasteiger partial charge in [0.1, 0.15) is 23.1 Å². The smallest absolute Gasteiger partial charge is 0.140 e. The van der Waals surface area contributed by atoms with E-state index in [4.69, 9.17) is 16.5 Å². The minimum atomic E-state index is -1.45. The average Bonchev–Trinajstić information content (AvgIpc) is 2.55. The molecule has 0 aliphatic heterocycles. The maximum Gasteiger partial charge on any atom is 0.140 e. The van der Waals surface area contributed by atoms with Crippen LogP contribution in [0.25, 0.3) is 0 Å². The van der Waals surface area contributed by atoms with Gasteiger partial charge in [0, 0.05) is 7.05 Å². The van der Waals surface area contributed by atoms with E-state index in [1.807, 2.05) is 14.0 Å². The van der Waals surface area contributed by atoms with Gasteiger partial charge in [-0.2, -0.15) is 5.10 Å². The molecule has 0 saturated carbocycles. The molecule has 5 nitrogen and oxygen atoms in total. The number of hydrogen-bond donors (Lipinski definition) is 2. The van der Waals surface area contributed by atoms with Gasteiger partial charge in [-0.05, 0) is 61.0 Å². The molecule has 0 aliphatic carbocycles. The van der Waals surface area contributed by atoms with E-state index in [2.05, 4.69) is 5.10 Å². The lowest BCUT2D eigenvalue weighted by Gasteiger charge is -2.22. The Balaban J connectivity index is 1.95. The number of aromatic hydroxyl groups is 2. The van der Waals surface area contributed by atoms with Crippen molar-refractivity contribution in [3.63, 3.8) is 0 Å². The molecule has 0 aromatic heterocycles. The molecule has 0 spiro atoms. The predicted octanol–water partition coefficient (Wildman–Crippen LogP) is 3.38. The summed E-state index contributed by atoms with van der Waals surface area (Å²) in [6.45, 7) is 0.472. The first-order chi connectivity index (χ1) is 11.0. The Labute approximate surface area is 141 Å². The fraction of sp³-hybridized carbons (Fsp3) is 0.188. The molecule has 0 amide bonds. The summed E-state index contributed by atoms with van der Waals surface area (Å²) in [5.74, 6) is 0.920. The first-order valence-corrected chi connectivity index (χ1v) is 9.68. The highest BCUT2D eigenvalue weighted by Crippen LogP contribution is 2.34. The minimum absolute atomic E-state index is 0.165. The summed E-state index contributed by atoms with van der Waals surface area (Å²) >= 11 is 5.54. The molecular formula is C16H19N2O3PS. The van der Waals surface area contributed by atoms with Crippen LogP contribution in [0.15, 0.2) is 53.6 Å². The fourth-order valence-electron chi connectivity index (χ4n) is 1.81. The maximum absolute atomic E-state index is 9.27. The molecule has 0 heterocycles. The second-order valence-corrected chi connectivity index (χ2v) is 8.34. The van der Waals surface area contributed by atoms with Gasteiger partial charge in [0.15, 0.2) is 0 Å². The van der Waals surface area contributed by atoms with E-state index < -0.39 is 6.85 Å². The van der Waals surface area contributed by atoms with Gasteiger partial charge < -0.3 is 14.9 Å². The van der Waals surface area contributed by atoms with Crippen LogP contribution in [0.2, 0.25) is 0 Å². The van der Waals surface area contributed by atoms with Gasteiger partial charge in [-0.3, -0.25) is 4.78 Å². The van der Waals surface area contributed by atoms with Crippen molar-refractivity contribution < 1.29 is 14.9 Å². The van der Waals surface area contributed by atoms with Gasteiger partial charge >= 0.3 is 0 Å². The lowest BCUT2D eigenvalue weighted by atomic mass is 10.2. The Hall–Kier alpha value is -2.04. The number of phenols is 2. The van der Waals surface area contributed by atoms with E-state index in [1.54, 1.807) is 59.5 Å². The summed E-state index contributed by atoms with van der Waals surface area (Å²) in [6.07, 6.45) is 1.70. The van der Waals surface area contributed by atoms with Crippen molar-refractivity contribution in [2.75, 3.05) is 7.05 Å². The number of hydrogen-bond acceptors (Lipinski definition) is 5. The predicted molar refractivity (Wildman–Crippen MR) is 97.3 cm³/mol. The zero-order chi connectivity index (χ0) is 16.8. The summed E-state index contributed by atoms with van der Waals surface area (Å²) < 4.78 is 7.55. The molecule has 7 heteroatoms. The molecule has 122 valence electrons. The van der Waals surface area contributed by atoms with E-state index in [9.17, 15) is 10.2 Å². The molecule has 0 saturated heterocycles. The van der Waals surface area contributed by atoms with E-state index in [1.165, 1.54) is 0 Å². The number of nitrogens with zero attached hydrogens (tertiary/aromatic N) is 2. The summed E-state index contributed by atoms with van der Waals surface area (Å²) in [5.41, 5.74) is 0.881. The van der Waals surface area contributed by atoms with Crippen molar-refractivity contribution in [1.29, 1.82) is 0 Å². The summed E-state index contributed by atoms with van der Waals surface area (Å²) in [6, 6.07) is 13.3. The third kappa shape index (κ3) is 5.27. The van der Waals surface area contributed by atoms with Crippen molar-refractivity contribution in [1.82, 2.24) is 4.78 Å². The van der Waals surface area contributed by atoms with Crippen LogP contribution >= 0.6 is 6.85 Å². The summed E-state index contributed by atoms with van der Waals surface area (Å²) in [4.78, 5) is 0. The van der Waals surface area contributed by atoms with Crippen molar-refractivity contribution in [2.24, 2.45) is 5.10 Å². The van der Waals surface area contributed by atoms with Crippen molar-refractivity contribution in [2.45, 2.75) is 12.8 Å². The normalized spacial score (nSPS) is 13.7. The number of rotatable bonds is 6. The van der Waals surface area contributed by atoms with Gasteiger partial charge in [0.2, 0.25) is 0 Å². The SMILES string of the molecule is CC(Oc1ccc(O)cc1)[PH](=S)N(C)N=Cc1ccc(O)cc1. The molecule has 23 heavy (non-hydrogen) atoms. The van der Waals surface area contributed by atoms with Crippen LogP contribution in [-0.2, 0) is 11.8 Å². The van der Waals surface area contributed by atoms with Crippen LogP contribution in [0.3, 0.4) is 0 Å². The first kappa shape index (κ1) is 17.3. The molecule has 2 rings (SSSR count). The topological polar surface area (TPSA) is 65.3 Å². The van der Waals surface area contributed by atoms with Gasteiger partial charge in [-0.15, -0.1) is 0 Å². The molecule has 2 unspecified atom stereocenters. The van der Waals surface area contributed by atoms with E-state index in [0.29, 0.717) is 5.75 Å². The third-order valence-corrected chi connectivity index (χ3v) is 6.44. The van der Waals surface area contributed by atoms with E-state index >= 15 is 0 Å². The molecule has 2 atom stereocenters. The first-order valence-electron chi connectivity index (χ1n) is 7.02. The number of phenolic OH excluding ortho intramolecular Hbond substituents is 2. The monoisotopic (exact) mass is 350 g/mol. The van der Waals surface area contributed by atoms with E-state index in [0.717, 1.165) is 5.56 Å². The second kappa shape index (κ2) is 7.99. The molecule has 0 aliphatic rings. The highest BCUT2D eigenvalue weighted by atomic mass is 32.4. The van der Waals surface area contributed by atoms with Crippen LogP contribution < -0.4 is 4.74 Å². The Bertz CT molecular complexity index is 689. The number of ether oxygens (including phenoxy) is 1. The Morgan fingerprint density at radius 3 is 2.17 bits per heavy atom. The fourth-order valence-corrected chi connectivity index (χ4v) is 3.03. The Kier molecular flexibility index (Phi) is 6.02. The summed E-state index contributed by atoms with van der Waals surface area (Å²) in [5, 5.41) is 22.9. The zero-order valence-corrected chi connectivity index (χ0v) is 14.7. The van der Waals surface area contributed by atoms with Gasteiger partial charge in [0.05, 0.1) is 13.1 Å². The molecule has 2 aromatic carbocycles. The number of benzene rings is 2. The van der Waals surface area contributed by atoms with Crippen LogP contribution in [0.4, 0.5) is 0 Å². The molecule has 0 fully saturated rings. The minimum Gasteiger partial charge on any atom is -0.508 e. The van der Waals surface area contributed by atoms with E-state index in [-0.39, 0.29) is 17.3 Å². The van der Waals surface area contributed by atoms with Crippen LogP contribution in [0.5, 0.6) is 17.2 Å². The van der Waals surface area contributed by atoms with Gasteiger partial charge in [0.25, 0.3) is 0 Å². The molecule has 2 aromatic rings. The van der Waals surface area contributed by atoms with Crippen molar-refractivity contribution in [3.8, 4) is 17.2 Å². The van der Waals surface area contributed by atoms with Crippen molar-refractivity contribution >= 4 is 24.9 Å². The molecule has 0 bridgehead atoms. The lowest BCUT2D eigenvalue weighted by molar-refractivity contribution is 0.296. The van der Waals surface area contributed by atoms with Crippen LogP contribution in [0.1, 0.15) is 12.5 Å². The largest absolute Gasteiger partial charge is 0.508 e. The Morgan fingerprint density at radius 2 is 1.61 bits per heavy atom. The highest BCUT2D eigenvalue weighted by molar-refractivity contribution is 8.04. The van der Waals surface area contributed by atoms with Crippen LogP contribution in [-0.4, -0.2) is 34.1 Å². The summed E-state index contributed by atoms with van der Waals surface area (Å²) in [7, 11) is 1.83. The molecule has 2 N–H and O–H groups in total. The van der Waals surface area contributed by atoms with Crippen molar-refractivity contribution in [3.05, 3.63) is 54.1 Å². The quantitative estimate of drug-likeness (QED) is 0.475. The Morgan fingerprint density at radius 1 is 1.09 bits per heavy atom. The average molecular weight is 350 g/mol. The van der Waals surface area contributed by atoms with Crippen LogP contribution in [0, 0.1) is 0 Å². The number of hydrazone groups is 1. The standard InChI is InChI=1S/C16H19N2O3PS/c1-12(21-16-9-7-15(20)8-10-16)22(23)18(2)17-11-13-3-5-14(19)6-4-13/h3-12,19-20,22H,1-2H3. The molecule has 0 radical (unpaired) electrons. The zero-order valence-electron chi connectivity index (χ0n) is 12.9. The van der Waals surface area contributed by atoms with Gasteiger partial charge in [-0.1, -0.05) is 11.8 Å². The van der Waals surface area contributed by atoms with Gasteiger partial charge in [-0.25, -0.2) is 0 Å². The third-order valence-electron chi connectivity index (χ3n) is 3.09. The maximum atomic E-state index is 9.27. The highest BCUT2D eigenvalue weighted by Gasteiger charge is 2.12.